The van der Waals surface area contributed by atoms with Crippen molar-refractivity contribution in [1.82, 2.24) is 15.0 Å². The van der Waals surface area contributed by atoms with Gasteiger partial charge in [0, 0.05) is 0 Å². The van der Waals surface area contributed by atoms with Crippen LogP contribution in [0.5, 0.6) is 0 Å². The average molecular weight is 257 g/mol. The summed E-state index contributed by atoms with van der Waals surface area (Å²) in [4.78, 5) is 12.0. The number of nitrogens with zero attached hydrogens (tertiary/aromatic N) is 3. The number of oxazole rings is 1. The first-order valence-corrected chi connectivity index (χ1v) is 5.65. The maximum Gasteiger partial charge on any atom is 0.262 e. The van der Waals surface area contributed by atoms with Crippen LogP contribution in [0.1, 0.15) is 11.5 Å². The summed E-state index contributed by atoms with van der Waals surface area (Å²) < 4.78 is 5.41. The molecule has 0 bridgehead atoms. The fourth-order valence-electron chi connectivity index (χ4n) is 1.01. The first-order valence-electron chi connectivity index (χ1n) is 4.46. The summed E-state index contributed by atoms with van der Waals surface area (Å²) in [5.74, 6) is 0.779. The molecule has 2 heterocycles. The van der Waals surface area contributed by atoms with Gasteiger partial charge in [-0.2, -0.15) is 0 Å². The fourth-order valence-corrected chi connectivity index (χ4v) is 2.01. The van der Waals surface area contributed by atoms with Crippen LogP contribution in [0.4, 0.5) is 5.69 Å². The Hall–Kier alpha value is -1.27. The Morgan fingerprint density at radius 1 is 1.38 bits per heavy atom. The SMILES string of the molecule is Cc1nc(Sc2nc(Cl)ncc2N)oc1C. The zero-order valence-corrected chi connectivity index (χ0v) is 10.3. The van der Waals surface area contributed by atoms with Crippen molar-refractivity contribution in [3.63, 3.8) is 0 Å². The molecule has 0 fully saturated rings. The second-order valence-corrected chi connectivity index (χ2v) is 4.40. The molecule has 16 heavy (non-hydrogen) atoms. The molecule has 7 heteroatoms. The minimum absolute atomic E-state index is 0.150. The summed E-state index contributed by atoms with van der Waals surface area (Å²) in [6.07, 6.45) is 1.46. The van der Waals surface area contributed by atoms with E-state index in [9.17, 15) is 0 Å². The molecule has 5 nitrogen and oxygen atoms in total. The van der Waals surface area contributed by atoms with Crippen LogP contribution < -0.4 is 5.73 Å². The summed E-state index contributed by atoms with van der Waals surface area (Å²) in [7, 11) is 0. The van der Waals surface area contributed by atoms with Crippen LogP contribution in [0.15, 0.2) is 20.9 Å². The fraction of sp³-hybridized carbons (Fsp3) is 0.222. The number of nitrogens with two attached hydrogens (primary N) is 1. The lowest BCUT2D eigenvalue weighted by Gasteiger charge is -2.00. The Morgan fingerprint density at radius 2 is 2.12 bits per heavy atom. The second-order valence-electron chi connectivity index (χ2n) is 3.12. The van der Waals surface area contributed by atoms with E-state index in [1.807, 2.05) is 13.8 Å². The highest BCUT2D eigenvalue weighted by Crippen LogP contribution is 2.30. The molecule has 0 aromatic carbocycles. The monoisotopic (exact) mass is 256 g/mol. The molecule has 0 amide bonds. The van der Waals surface area contributed by atoms with Crippen LogP contribution in [-0.2, 0) is 0 Å². The van der Waals surface area contributed by atoms with Crippen molar-refractivity contribution in [1.29, 1.82) is 0 Å². The van der Waals surface area contributed by atoms with Gasteiger partial charge in [0.2, 0.25) is 5.28 Å². The van der Waals surface area contributed by atoms with Crippen LogP contribution in [-0.4, -0.2) is 15.0 Å². The molecule has 0 aliphatic rings. The predicted molar refractivity (Wildman–Crippen MR) is 61.6 cm³/mol. The highest BCUT2D eigenvalue weighted by atomic mass is 35.5. The van der Waals surface area contributed by atoms with Gasteiger partial charge in [-0.15, -0.1) is 0 Å². The smallest absolute Gasteiger partial charge is 0.262 e. The number of halogens is 1. The van der Waals surface area contributed by atoms with E-state index in [4.69, 9.17) is 21.8 Å². The van der Waals surface area contributed by atoms with Crippen LogP contribution in [0.3, 0.4) is 0 Å². The summed E-state index contributed by atoms with van der Waals surface area (Å²) in [6, 6.07) is 0. The molecular formula is C9H9ClN4OS. The van der Waals surface area contributed by atoms with E-state index in [0.29, 0.717) is 15.9 Å². The van der Waals surface area contributed by atoms with Crippen LogP contribution >= 0.6 is 23.4 Å². The molecule has 84 valence electrons. The molecule has 2 rings (SSSR count). The van der Waals surface area contributed by atoms with Crippen LogP contribution in [0.25, 0.3) is 0 Å². The lowest BCUT2D eigenvalue weighted by Crippen LogP contribution is -1.94. The van der Waals surface area contributed by atoms with E-state index >= 15 is 0 Å². The Bertz CT molecular complexity index is 509. The molecule has 0 atom stereocenters. The van der Waals surface area contributed by atoms with E-state index in [1.54, 1.807) is 0 Å². The number of nitrogen functional groups attached to an aromatic ring is 1. The van der Waals surface area contributed by atoms with Crippen molar-refractivity contribution in [2.45, 2.75) is 24.1 Å². The summed E-state index contributed by atoms with van der Waals surface area (Å²) in [5.41, 5.74) is 7.00. The Morgan fingerprint density at radius 3 is 2.75 bits per heavy atom. The van der Waals surface area contributed by atoms with E-state index in [2.05, 4.69) is 15.0 Å². The third kappa shape index (κ3) is 2.28. The molecule has 2 N–H and O–H groups in total. The van der Waals surface area contributed by atoms with Crippen molar-refractivity contribution >= 4 is 29.1 Å². The minimum atomic E-state index is 0.150. The zero-order chi connectivity index (χ0) is 11.7. The van der Waals surface area contributed by atoms with Crippen molar-refractivity contribution < 1.29 is 4.42 Å². The van der Waals surface area contributed by atoms with Gasteiger partial charge in [-0.05, 0) is 37.2 Å². The number of aromatic nitrogens is 3. The van der Waals surface area contributed by atoms with Gasteiger partial charge in [-0.25, -0.2) is 15.0 Å². The zero-order valence-electron chi connectivity index (χ0n) is 8.69. The summed E-state index contributed by atoms with van der Waals surface area (Å²) >= 11 is 6.90. The van der Waals surface area contributed by atoms with Gasteiger partial charge in [-0.1, -0.05) is 0 Å². The molecule has 0 saturated heterocycles. The summed E-state index contributed by atoms with van der Waals surface area (Å²) in [6.45, 7) is 3.72. The molecule has 0 radical (unpaired) electrons. The Kier molecular flexibility index (Phi) is 3.02. The van der Waals surface area contributed by atoms with Gasteiger partial charge in [-0.3, -0.25) is 0 Å². The molecule has 0 unspecified atom stereocenters. The highest BCUT2D eigenvalue weighted by molar-refractivity contribution is 7.99. The topological polar surface area (TPSA) is 77.8 Å². The van der Waals surface area contributed by atoms with Gasteiger partial charge < -0.3 is 10.2 Å². The standard InChI is InChI=1S/C9H9ClN4OS/c1-4-5(2)15-9(13-4)16-7-6(11)3-12-8(10)14-7/h3H,11H2,1-2H3. The quantitative estimate of drug-likeness (QED) is 0.657. The highest BCUT2D eigenvalue weighted by Gasteiger charge is 2.11. The number of aryl methyl sites for hydroxylation is 2. The van der Waals surface area contributed by atoms with Crippen molar-refractivity contribution in [2.75, 3.05) is 5.73 Å². The first kappa shape index (κ1) is 11.2. The van der Waals surface area contributed by atoms with Crippen molar-refractivity contribution in [2.24, 2.45) is 0 Å². The second kappa shape index (κ2) is 4.31. The molecule has 2 aromatic rings. The van der Waals surface area contributed by atoms with Crippen LogP contribution in [0.2, 0.25) is 5.28 Å². The van der Waals surface area contributed by atoms with Gasteiger partial charge in [0.15, 0.2) is 0 Å². The molecule has 0 aliphatic heterocycles. The molecular weight excluding hydrogens is 248 g/mol. The largest absolute Gasteiger partial charge is 0.436 e. The van der Waals surface area contributed by atoms with Gasteiger partial charge in [0.1, 0.15) is 10.8 Å². The van der Waals surface area contributed by atoms with Crippen molar-refractivity contribution in [3.8, 4) is 0 Å². The van der Waals surface area contributed by atoms with Gasteiger partial charge >= 0.3 is 0 Å². The Labute approximate surface area is 101 Å². The normalized spacial score (nSPS) is 10.7. The molecule has 0 spiro atoms. The van der Waals surface area contributed by atoms with E-state index in [0.717, 1.165) is 11.5 Å². The third-order valence-corrected chi connectivity index (χ3v) is 3.00. The molecule has 2 aromatic heterocycles. The van der Waals surface area contributed by atoms with E-state index in [-0.39, 0.29) is 5.28 Å². The lowest BCUT2D eigenvalue weighted by atomic mass is 10.4. The average Bonchev–Trinajstić information content (AvgIpc) is 2.52. The number of anilines is 1. The van der Waals surface area contributed by atoms with Gasteiger partial charge in [0.05, 0.1) is 17.6 Å². The maximum absolute atomic E-state index is 5.71. The first-order chi connectivity index (χ1) is 7.56. The number of hydrogen-bond donors (Lipinski definition) is 1. The van der Waals surface area contributed by atoms with Crippen LogP contribution in [0, 0.1) is 13.8 Å². The minimum Gasteiger partial charge on any atom is -0.436 e. The third-order valence-electron chi connectivity index (χ3n) is 1.94. The van der Waals surface area contributed by atoms with Gasteiger partial charge in [0.25, 0.3) is 5.22 Å². The number of rotatable bonds is 2. The predicted octanol–water partition coefficient (Wildman–Crippen LogP) is 2.47. The Balaban J connectivity index is 2.29. The number of hydrogen-bond acceptors (Lipinski definition) is 6. The van der Waals surface area contributed by atoms with E-state index in [1.165, 1.54) is 18.0 Å². The lowest BCUT2D eigenvalue weighted by molar-refractivity contribution is 0.431. The van der Waals surface area contributed by atoms with E-state index < -0.39 is 0 Å². The summed E-state index contributed by atoms with van der Waals surface area (Å²) in [5, 5.41) is 1.19. The van der Waals surface area contributed by atoms with Crippen molar-refractivity contribution in [3.05, 3.63) is 22.9 Å². The molecule has 0 saturated carbocycles. The maximum atomic E-state index is 5.71. The molecule has 0 aliphatic carbocycles.